The summed E-state index contributed by atoms with van der Waals surface area (Å²) in [5, 5.41) is 1.11. The van der Waals surface area contributed by atoms with Gasteiger partial charge in [-0.1, -0.05) is 6.07 Å². The average Bonchev–Trinajstić information content (AvgIpc) is 3.02. The Kier molecular flexibility index (Phi) is 1.97. The molecule has 0 aliphatic heterocycles. The van der Waals surface area contributed by atoms with E-state index in [0.717, 1.165) is 16.5 Å². The second-order valence-corrected chi connectivity index (χ2v) is 4.26. The second kappa shape index (κ2) is 3.65. The molecule has 4 aromatic rings. The van der Waals surface area contributed by atoms with Gasteiger partial charge in [0.05, 0.1) is 0 Å². The van der Waals surface area contributed by atoms with Gasteiger partial charge in [0.2, 0.25) is 17.6 Å². The fourth-order valence-electron chi connectivity index (χ4n) is 2.10. The van der Waals surface area contributed by atoms with Crippen LogP contribution in [0.15, 0.2) is 47.0 Å². The van der Waals surface area contributed by atoms with Gasteiger partial charge in [-0.2, -0.15) is 9.37 Å². The molecule has 0 unspecified atom stereocenters. The van der Waals surface area contributed by atoms with E-state index in [1.54, 1.807) is 6.07 Å². The lowest BCUT2D eigenvalue weighted by Gasteiger charge is -1.95. The topological polar surface area (TPSA) is 54.7 Å². The number of rotatable bonds is 1. The van der Waals surface area contributed by atoms with Gasteiger partial charge >= 0.3 is 0 Å². The minimum Gasteiger partial charge on any atom is -0.418 e. The summed E-state index contributed by atoms with van der Waals surface area (Å²) in [6.07, 6.45) is 1.87. The van der Waals surface area contributed by atoms with Crippen LogP contribution in [0.2, 0.25) is 0 Å². The molecule has 0 saturated heterocycles. The third-order valence-electron chi connectivity index (χ3n) is 3.02. The number of H-pyrrole nitrogens is 1. The van der Waals surface area contributed by atoms with Crippen molar-refractivity contribution >= 4 is 22.1 Å². The van der Waals surface area contributed by atoms with E-state index in [9.17, 15) is 4.39 Å². The SMILES string of the molecule is Fc1ccc2nc(-c3ccc4cc[nH]c4c3)oc2n1. The van der Waals surface area contributed by atoms with Crippen molar-refractivity contribution < 1.29 is 8.81 Å². The fourth-order valence-corrected chi connectivity index (χ4v) is 2.10. The monoisotopic (exact) mass is 253 g/mol. The van der Waals surface area contributed by atoms with E-state index in [2.05, 4.69) is 15.0 Å². The number of benzene rings is 1. The van der Waals surface area contributed by atoms with Crippen LogP contribution in [-0.2, 0) is 0 Å². The predicted molar refractivity (Wildman–Crippen MR) is 69.1 cm³/mol. The molecule has 92 valence electrons. The fraction of sp³-hybridized carbons (Fsp3) is 0. The summed E-state index contributed by atoms with van der Waals surface area (Å²) in [6, 6.07) is 10.6. The first-order valence-corrected chi connectivity index (χ1v) is 5.80. The Morgan fingerprint density at radius 3 is 2.95 bits per heavy atom. The first-order valence-electron chi connectivity index (χ1n) is 5.80. The molecule has 19 heavy (non-hydrogen) atoms. The summed E-state index contributed by atoms with van der Waals surface area (Å²) < 4.78 is 18.5. The number of nitrogens with zero attached hydrogens (tertiary/aromatic N) is 2. The predicted octanol–water partition coefficient (Wildman–Crippen LogP) is 3.51. The van der Waals surface area contributed by atoms with Crippen LogP contribution in [0.3, 0.4) is 0 Å². The lowest BCUT2D eigenvalue weighted by atomic mass is 10.1. The zero-order valence-electron chi connectivity index (χ0n) is 9.72. The summed E-state index contributed by atoms with van der Waals surface area (Å²) >= 11 is 0. The van der Waals surface area contributed by atoms with Crippen LogP contribution in [-0.4, -0.2) is 15.0 Å². The molecule has 0 bridgehead atoms. The van der Waals surface area contributed by atoms with Gasteiger partial charge in [-0.25, -0.2) is 4.98 Å². The first-order chi connectivity index (χ1) is 9.29. The molecule has 0 saturated carbocycles. The van der Waals surface area contributed by atoms with Crippen molar-refractivity contribution in [3.05, 3.63) is 48.5 Å². The van der Waals surface area contributed by atoms with E-state index in [0.29, 0.717) is 11.4 Å². The van der Waals surface area contributed by atoms with Gasteiger partial charge < -0.3 is 9.40 Å². The van der Waals surface area contributed by atoms with Crippen molar-refractivity contribution in [1.82, 2.24) is 15.0 Å². The number of hydrogen-bond acceptors (Lipinski definition) is 3. The van der Waals surface area contributed by atoms with Gasteiger partial charge in [0.25, 0.3) is 0 Å². The van der Waals surface area contributed by atoms with Crippen molar-refractivity contribution in [3.63, 3.8) is 0 Å². The molecule has 1 aromatic carbocycles. The summed E-state index contributed by atoms with van der Waals surface area (Å²) in [4.78, 5) is 11.1. The maximum absolute atomic E-state index is 13.0. The number of pyridine rings is 1. The van der Waals surface area contributed by atoms with Gasteiger partial charge in [0, 0.05) is 17.3 Å². The largest absolute Gasteiger partial charge is 0.418 e. The molecule has 0 aliphatic rings. The van der Waals surface area contributed by atoms with Crippen LogP contribution < -0.4 is 0 Å². The standard InChI is InChI=1S/C14H8FN3O/c15-12-4-3-10-14(18-12)19-13(17-10)9-2-1-8-5-6-16-11(8)7-9/h1-7,16H. The normalized spacial score (nSPS) is 11.4. The maximum Gasteiger partial charge on any atom is 0.250 e. The maximum atomic E-state index is 13.0. The van der Waals surface area contributed by atoms with Gasteiger partial charge in [-0.15, -0.1) is 0 Å². The van der Waals surface area contributed by atoms with E-state index in [4.69, 9.17) is 4.42 Å². The molecule has 0 fully saturated rings. The number of halogens is 1. The Bertz CT molecular complexity index is 894. The van der Waals surface area contributed by atoms with Crippen LogP contribution in [0.1, 0.15) is 0 Å². The summed E-state index contributed by atoms with van der Waals surface area (Å²) in [7, 11) is 0. The first kappa shape index (κ1) is 10.3. The molecule has 4 nitrogen and oxygen atoms in total. The Morgan fingerprint density at radius 2 is 2.00 bits per heavy atom. The van der Waals surface area contributed by atoms with Gasteiger partial charge in [0.15, 0.2) is 0 Å². The third-order valence-corrected chi connectivity index (χ3v) is 3.02. The number of aromatic nitrogens is 3. The molecule has 0 atom stereocenters. The minimum absolute atomic E-state index is 0.210. The lowest BCUT2D eigenvalue weighted by molar-refractivity contribution is 0.559. The van der Waals surface area contributed by atoms with E-state index in [1.165, 1.54) is 6.07 Å². The highest BCUT2D eigenvalue weighted by atomic mass is 19.1. The average molecular weight is 253 g/mol. The summed E-state index contributed by atoms with van der Waals surface area (Å²) in [5.74, 6) is -0.139. The number of fused-ring (bicyclic) bond motifs is 2. The van der Waals surface area contributed by atoms with Crippen LogP contribution in [0.25, 0.3) is 33.6 Å². The quantitative estimate of drug-likeness (QED) is 0.528. The van der Waals surface area contributed by atoms with Crippen LogP contribution in [0, 0.1) is 5.95 Å². The van der Waals surface area contributed by atoms with Crippen molar-refractivity contribution in [3.8, 4) is 11.5 Å². The lowest BCUT2D eigenvalue weighted by Crippen LogP contribution is -1.79. The van der Waals surface area contributed by atoms with Crippen molar-refractivity contribution in [1.29, 1.82) is 0 Å². The molecule has 0 aliphatic carbocycles. The van der Waals surface area contributed by atoms with E-state index < -0.39 is 5.95 Å². The molecular weight excluding hydrogens is 245 g/mol. The number of hydrogen-bond donors (Lipinski definition) is 1. The Labute approximate surface area is 106 Å². The number of aromatic amines is 1. The molecule has 0 spiro atoms. The summed E-state index contributed by atoms with van der Waals surface area (Å²) in [6.45, 7) is 0. The number of nitrogens with one attached hydrogen (secondary N) is 1. The molecule has 4 rings (SSSR count). The van der Waals surface area contributed by atoms with Gasteiger partial charge in [0.1, 0.15) is 5.52 Å². The molecule has 0 amide bonds. The highest BCUT2D eigenvalue weighted by Crippen LogP contribution is 2.26. The Morgan fingerprint density at radius 1 is 1.05 bits per heavy atom. The molecular formula is C14H8FN3O. The zero-order chi connectivity index (χ0) is 12.8. The Hall–Kier alpha value is -2.69. The van der Waals surface area contributed by atoms with E-state index >= 15 is 0 Å². The highest BCUT2D eigenvalue weighted by Gasteiger charge is 2.10. The molecule has 3 aromatic heterocycles. The molecule has 5 heteroatoms. The van der Waals surface area contributed by atoms with Crippen molar-refractivity contribution in [2.24, 2.45) is 0 Å². The van der Waals surface area contributed by atoms with Crippen molar-refractivity contribution in [2.45, 2.75) is 0 Å². The van der Waals surface area contributed by atoms with Crippen molar-refractivity contribution in [2.75, 3.05) is 0 Å². The zero-order valence-corrected chi connectivity index (χ0v) is 9.72. The third kappa shape index (κ3) is 1.59. The number of oxazole rings is 1. The van der Waals surface area contributed by atoms with Gasteiger partial charge in [-0.3, -0.25) is 0 Å². The smallest absolute Gasteiger partial charge is 0.250 e. The summed E-state index contributed by atoms with van der Waals surface area (Å²) in [5.41, 5.74) is 2.58. The van der Waals surface area contributed by atoms with Gasteiger partial charge in [-0.05, 0) is 35.7 Å². The van der Waals surface area contributed by atoms with E-state index in [-0.39, 0.29) is 5.71 Å². The van der Waals surface area contributed by atoms with Crippen LogP contribution in [0.4, 0.5) is 4.39 Å². The Balaban J connectivity index is 1.92. The molecule has 1 N–H and O–H groups in total. The van der Waals surface area contributed by atoms with Crippen LogP contribution >= 0.6 is 0 Å². The second-order valence-electron chi connectivity index (χ2n) is 4.26. The molecule has 0 radical (unpaired) electrons. The molecule has 3 heterocycles. The van der Waals surface area contributed by atoms with E-state index in [1.807, 2.05) is 30.5 Å². The van der Waals surface area contributed by atoms with Crippen LogP contribution in [0.5, 0.6) is 0 Å². The highest BCUT2D eigenvalue weighted by molar-refractivity contribution is 5.84. The minimum atomic E-state index is -0.574.